The van der Waals surface area contributed by atoms with Crippen molar-refractivity contribution in [2.24, 2.45) is 5.73 Å². The third-order valence-corrected chi connectivity index (χ3v) is 4.09. The zero-order valence-corrected chi connectivity index (χ0v) is 13.4. The second-order valence-corrected chi connectivity index (χ2v) is 6.31. The van der Waals surface area contributed by atoms with Crippen molar-refractivity contribution in [3.63, 3.8) is 0 Å². The molecule has 0 radical (unpaired) electrons. The van der Waals surface area contributed by atoms with Crippen molar-refractivity contribution in [2.45, 2.75) is 6.04 Å². The summed E-state index contributed by atoms with van der Waals surface area (Å²) in [6.45, 7) is 0. The Bertz CT molecular complexity index is 785. The fourth-order valence-electron chi connectivity index (χ4n) is 2.10. The van der Waals surface area contributed by atoms with Gasteiger partial charge in [-0.1, -0.05) is 37.9 Å². The van der Waals surface area contributed by atoms with E-state index in [-0.39, 0.29) is 5.82 Å². The summed E-state index contributed by atoms with van der Waals surface area (Å²) in [5, 5.41) is 0.933. The van der Waals surface area contributed by atoms with Crippen molar-refractivity contribution in [2.75, 3.05) is 0 Å². The van der Waals surface area contributed by atoms with Crippen LogP contribution in [-0.4, -0.2) is 0 Å². The lowest BCUT2D eigenvalue weighted by Crippen LogP contribution is -2.12. The van der Waals surface area contributed by atoms with E-state index in [0.29, 0.717) is 15.8 Å². The molecule has 0 saturated heterocycles. The highest BCUT2D eigenvalue weighted by atomic mass is 79.9. The molecule has 1 heterocycles. The molecular weight excluding hydrogens is 389 g/mol. The molecule has 5 heteroatoms. The predicted molar refractivity (Wildman–Crippen MR) is 84.0 cm³/mol. The average molecular weight is 399 g/mol. The van der Waals surface area contributed by atoms with E-state index in [4.69, 9.17) is 10.2 Å². The van der Waals surface area contributed by atoms with Gasteiger partial charge in [-0.25, -0.2) is 4.39 Å². The van der Waals surface area contributed by atoms with Gasteiger partial charge in [-0.3, -0.25) is 0 Å². The lowest BCUT2D eigenvalue weighted by Gasteiger charge is -2.10. The monoisotopic (exact) mass is 397 g/mol. The Hall–Kier alpha value is -1.17. The molecule has 0 saturated carbocycles. The Kier molecular flexibility index (Phi) is 3.67. The van der Waals surface area contributed by atoms with Gasteiger partial charge in [0, 0.05) is 19.9 Å². The first-order valence-electron chi connectivity index (χ1n) is 5.94. The second-order valence-electron chi connectivity index (χ2n) is 4.47. The van der Waals surface area contributed by atoms with Gasteiger partial charge in [0.2, 0.25) is 0 Å². The van der Waals surface area contributed by atoms with Crippen molar-refractivity contribution in [3.05, 3.63) is 68.6 Å². The maximum absolute atomic E-state index is 13.9. The van der Waals surface area contributed by atoms with E-state index in [2.05, 4.69) is 31.9 Å². The van der Waals surface area contributed by atoms with Gasteiger partial charge in [0.15, 0.2) is 0 Å². The molecule has 2 aromatic carbocycles. The predicted octanol–water partition coefficient (Wildman–Crippen LogP) is 5.15. The number of fused-ring (bicyclic) bond motifs is 1. The third kappa shape index (κ3) is 2.53. The molecule has 3 rings (SSSR count). The van der Waals surface area contributed by atoms with Crippen molar-refractivity contribution >= 4 is 42.8 Å². The highest BCUT2D eigenvalue weighted by molar-refractivity contribution is 9.10. The Labute approximate surface area is 132 Å². The number of hydrogen-bond donors (Lipinski definition) is 1. The lowest BCUT2D eigenvalue weighted by molar-refractivity contribution is 0.510. The summed E-state index contributed by atoms with van der Waals surface area (Å²) in [5.41, 5.74) is 7.25. The molecule has 1 unspecified atom stereocenters. The van der Waals surface area contributed by atoms with E-state index in [1.165, 1.54) is 6.07 Å². The van der Waals surface area contributed by atoms with Gasteiger partial charge < -0.3 is 10.2 Å². The first-order valence-corrected chi connectivity index (χ1v) is 7.53. The molecule has 3 aromatic rings. The zero-order chi connectivity index (χ0) is 14.3. The number of furan rings is 1. The smallest absolute Gasteiger partial charge is 0.134 e. The summed E-state index contributed by atoms with van der Waals surface area (Å²) in [4.78, 5) is 0. The zero-order valence-electron chi connectivity index (χ0n) is 10.2. The van der Waals surface area contributed by atoms with Crippen LogP contribution in [0, 0.1) is 5.82 Å². The van der Waals surface area contributed by atoms with Crippen LogP contribution in [-0.2, 0) is 0 Å². The molecule has 102 valence electrons. The molecule has 0 amide bonds. The first kappa shape index (κ1) is 13.8. The summed E-state index contributed by atoms with van der Waals surface area (Å²) >= 11 is 6.63. The summed E-state index contributed by atoms with van der Waals surface area (Å²) in [6, 6.07) is 11.7. The lowest BCUT2D eigenvalue weighted by atomic mass is 10.0. The fourth-order valence-corrected chi connectivity index (χ4v) is 2.81. The maximum Gasteiger partial charge on any atom is 0.134 e. The van der Waals surface area contributed by atoms with Crippen LogP contribution >= 0.6 is 31.9 Å². The molecule has 0 fully saturated rings. The number of halogens is 3. The summed E-state index contributed by atoms with van der Waals surface area (Å²) < 4.78 is 21.3. The Morgan fingerprint density at radius 3 is 2.45 bits per heavy atom. The van der Waals surface area contributed by atoms with Crippen molar-refractivity contribution in [1.82, 2.24) is 0 Å². The van der Waals surface area contributed by atoms with Crippen LogP contribution in [0.5, 0.6) is 0 Å². The van der Waals surface area contributed by atoms with Gasteiger partial charge in [-0.15, -0.1) is 0 Å². The number of benzene rings is 2. The number of rotatable bonds is 2. The molecule has 0 aliphatic heterocycles. The Morgan fingerprint density at radius 2 is 1.70 bits per heavy atom. The molecule has 2 nitrogen and oxygen atoms in total. The Morgan fingerprint density at radius 1 is 1.00 bits per heavy atom. The van der Waals surface area contributed by atoms with Crippen molar-refractivity contribution in [3.8, 4) is 0 Å². The minimum Gasteiger partial charge on any atom is -0.459 e. The molecule has 0 aliphatic carbocycles. The molecule has 1 atom stereocenters. The standard InChI is InChI=1S/C15H10Br2FNO/c16-9-2-4-13-8(5-9)6-14(20-13)15(19)11-3-1-10(17)7-12(11)18/h1-7,15H,19H2. The van der Waals surface area contributed by atoms with E-state index in [1.807, 2.05) is 24.3 Å². The highest BCUT2D eigenvalue weighted by Crippen LogP contribution is 2.30. The van der Waals surface area contributed by atoms with Gasteiger partial charge in [0.25, 0.3) is 0 Å². The quantitative estimate of drug-likeness (QED) is 0.648. The molecule has 20 heavy (non-hydrogen) atoms. The minimum absolute atomic E-state index is 0.353. The summed E-state index contributed by atoms with van der Waals surface area (Å²) in [5.74, 6) is 0.188. The first-order chi connectivity index (χ1) is 9.54. The molecule has 0 bridgehead atoms. The van der Waals surface area contributed by atoms with Crippen molar-refractivity contribution < 1.29 is 8.81 Å². The average Bonchev–Trinajstić information content (AvgIpc) is 2.81. The largest absolute Gasteiger partial charge is 0.459 e. The summed E-state index contributed by atoms with van der Waals surface area (Å²) in [7, 11) is 0. The van der Waals surface area contributed by atoms with Crippen LogP contribution in [0.4, 0.5) is 4.39 Å². The maximum atomic E-state index is 13.9. The molecule has 2 N–H and O–H groups in total. The van der Waals surface area contributed by atoms with Gasteiger partial charge in [0.1, 0.15) is 17.2 Å². The topological polar surface area (TPSA) is 39.2 Å². The number of nitrogens with two attached hydrogens (primary N) is 1. The Balaban J connectivity index is 2.05. The van der Waals surface area contributed by atoms with E-state index in [9.17, 15) is 4.39 Å². The van der Waals surface area contributed by atoms with Gasteiger partial charge >= 0.3 is 0 Å². The van der Waals surface area contributed by atoms with Gasteiger partial charge in [0.05, 0.1) is 6.04 Å². The molecule has 0 aliphatic rings. The van der Waals surface area contributed by atoms with Crippen molar-refractivity contribution in [1.29, 1.82) is 0 Å². The van der Waals surface area contributed by atoms with Crippen LogP contribution < -0.4 is 5.73 Å². The highest BCUT2D eigenvalue weighted by Gasteiger charge is 2.18. The van der Waals surface area contributed by atoms with E-state index in [1.54, 1.807) is 12.1 Å². The molecule has 0 spiro atoms. The SMILES string of the molecule is NC(c1cc2cc(Br)ccc2o1)c1ccc(Br)cc1F. The van der Waals surface area contributed by atoms with Crippen LogP contribution in [0.3, 0.4) is 0 Å². The minimum atomic E-state index is -0.630. The van der Waals surface area contributed by atoms with Gasteiger partial charge in [-0.2, -0.15) is 0 Å². The molecule has 1 aromatic heterocycles. The van der Waals surface area contributed by atoms with E-state index in [0.717, 1.165) is 15.4 Å². The van der Waals surface area contributed by atoms with Crippen LogP contribution in [0.25, 0.3) is 11.0 Å². The second kappa shape index (κ2) is 5.31. The van der Waals surface area contributed by atoms with E-state index < -0.39 is 6.04 Å². The van der Waals surface area contributed by atoms with E-state index >= 15 is 0 Å². The van der Waals surface area contributed by atoms with Gasteiger partial charge in [-0.05, 0) is 36.4 Å². The van der Waals surface area contributed by atoms with Crippen LogP contribution in [0.1, 0.15) is 17.4 Å². The van der Waals surface area contributed by atoms with Crippen LogP contribution in [0.15, 0.2) is 55.8 Å². The molecular formula is C15H10Br2FNO. The fraction of sp³-hybridized carbons (Fsp3) is 0.0667. The third-order valence-electron chi connectivity index (χ3n) is 3.10. The number of hydrogen-bond acceptors (Lipinski definition) is 2. The normalized spacial score (nSPS) is 12.8. The summed E-state index contributed by atoms with van der Waals surface area (Å²) in [6.07, 6.45) is 0. The van der Waals surface area contributed by atoms with Crippen LogP contribution in [0.2, 0.25) is 0 Å².